The van der Waals surface area contributed by atoms with Crippen LogP contribution in [-0.4, -0.2) is 44.3 Å². The quantitative estimate of drug-likeness (QED) is 0.140. The van der Waals surface area contributed by atoms with Crippen molar-refractivity contribution in [1.82, 2.24) is 16.0 Å². The van der Waals surface area contributed by atoms with E-state index in [1.165, 1.54) is 24.3 Å². The van der Waals surface area contributed by atoms with Crippen molar-refractivity contribution in [3.8, 4) is 0 Å². The van der Waals surface area contributed by atoms with Crippen LogP contribution in [0, 0.1) is 11.6 Å². The molecule has 164 valence electrons. The van der Waals surface area contributed by atoms with Crippen LogP contribution < -0.4 is 16.0 Å². The second-order valence-corrected chi connectivity index (χ2v) is 7.41. The average Bonchev–Trinajstić information content (AvgIpc) is 2.70. The number of benzene rings is 2. The molecule has 2 aromatic carbocycles. The molecule has 0 spiro atoms. The van der Waals surface area contributed by atoms with Gasteiger partial charge in [0.15, 0.2) is 5.96 Å². The van der Waals surface area contributed by atoms with Crippen LogP contribution in [0.4, 0.5) is 8.78 Å². The molecule has 30 heavy (non-hydrogen) atoms. The molecule has 0 saturated carbocycles. The molecule has 2 rings (SSSR count). The minimum absolute atomic E-state index is 0. The van der Waals surface area contributed by atoms with E-state index in [1.807, 2.05) is 0 Å². The Morgan fingerprint density at radius 1 is 0.967 bits per heavy atom. The van der Waals surface area contributed by atoms with Crippen molar-refractivity contribution in [2.75, 3.05) is 32.4 Å². The first kappa shape index (κ1) is 26.2. The number of aliphatic imine (C=N–C) groups is 1. The standard InChI is InChI=1S/C21H26F2N4OS.HI/c1-24-21(26-10-3-13-29-19-8-6-17(22)7-9-19)27-12-11-25-20(28)15-16-4-2-5-18(23)14-16;/h2,4-9,14H,3,10-13,15H2,1H3,(H,25,28)(H2,24,26,27);1H. The summed E-state index contributed by atoms with van der Waals surface area (Å²) in [4.78, 5) is 17.1. The van der Waals surface area contributed by atoms with Crippen LogP contribution in [0.25, 0.3) is 0 Å². The second-order valence-electron chi connectivity index (χ2n) is 6.24. The van der Waals surface area contributed by atoms with Gasteiger partial charge in [0.2, 0.25) is 5.91 Å². The highest BCUT2D eigenvalue weighted by Gasteiger charge is 2.04. The number of carbonyl (C=O) groups is 1. The lowest BCUT2D eigenvalue weighted by Gasteiger charge is -2.12. The molecule has 0 aliphatic carbocycles. The number of amides is 1. The van der Waals surface area contributed by atoms with Crippen molar-refractivity contribution >= 4 is 47.6 Å². The van der Waals surface area contributed by atoms with Crippen molar-refractivity contribution < 1.29 is 13.6 Å². The molecule has 9 heteroatoms. The van der Waals surface area contributed by atoms with E-state index in [0.717, 1.165) is 23.6 Å². The zero-order chi connectivity index (χ0) is 20.9. The monoisotopic (exact) mass is 548 g/mol. The van der Waals surface area contributed by atoms with Gasteiger partial charge in [-0.1, -0.05) is 12.1 Å². The Morgan fingerprint density at radius 3 is 2.37 bits per heavy atom. The highest BCUT2D eigenvalue weighted by molar-refractivity contribution is 14.0. The van der Waals surface area contributed by atoms with E-state index < -0.39 is 0 Å². The Balaban J connectivity index is 0.00000450. The third kappa shape index (κ3) is 10.8. The van der Waals surface area contributed by atoms with Crippen LogP contribution in [0.2, 0.25) is 0 Å². The van der Waals surface area contributed by atoms with Gasteiger partial charge in [0.25, 0.3) is 0 Å². The van der Waals surface area contributed by atoms with Crippen LogP contribution in [0.1, 0.15) is 12.0 Å². The van der Waals surface area contributed by atoms with Gasteiger partial charge >= 0.3 is 0 Å². The lowest BCUT2D eigenvalue weighted by Crippen LogP contribution is -2.42. The predicted octanol–water partition coefficient (Wildman–Crippen LogP) is 3.59. The molecular weight excluding hydrogens is 521 g/mol. The summed E-state index contributed by atoms with van der Waals surface area (Å²) in [5.41, 5.74) is 0.645. The normalized spacial score (nSPS) is 10.8. The van der Waals surface area contributed by atoms with Gasteiger partial charge in [-0.15, -0.1) is 35.7 Å². The van der Waals surface area contributed by atoms with Crippen LogP contribution >= 0.6 is 35.7 Å². The van der Waals surface area contributed by atoms with Crippen LogP contribution in [0.15, 0.2) is 58.4 Å². The number of hydrogen-bond acceptors (Lipinski definition) is 3. The summed E-state index contributed by atoms with van der Waals surface area (Å²) >= 11 is 1.68. The third-order valence-corrected chi connectivity index (χ3v) is 5.01. The van der Waals surface area contributed by atoms with Gasteiger partial charge in [-0.3, -0.25) is 9.79 Å². The summed E-state index contributed by atoms with van der Waals surface area (Å²) in [5, 5.41) is 9.13. The maximum Gasteiger partial charge on any atom is 0.224 e. The summed E-state index contributed by atoms with van der Waals surface area (Å²) in [7, 11) is 1.69. The second kappa shape index (κ2) is 15.0. The molecule has 2 aromatic rings. The van der Waals surface area contributed by atoms with E-state index in [1.54, 1.807) is 43.1 Å². The summed E-state index contributed by atoms with van der Waals surface area (Å²) in [6.45, 7) is 1.72. The first-order valence-electron chi connectivity index (χ1n) is 9.41. The Morgan fingerprint density at radius 2 is 1.67 bits per heavy atom. The molecule has 0 aliphatic heterocycles. The maximum atomic E-state index is 13.1. The molecule has 0 heterocycles. The largest absolute Gasteiger partial charge is 0.356 e. The fourth-order valence-electron chi connectivity index (χ4n) is 2.50. The van der Waals surface area contributed by atoms with Crippen molar-refractivity contribution in [1.29, 1.82) is 0 Å². The van der Waals surface area contributed by atoms with Crippen molar-refractivity contribution in [2.24, 2.45) is 4.99 Å². The number of halogens is 3. The SMILES string of the molecule is CN=C(NCCCSc1ccc(F)cc1)NCCNC(=O)Cc1cccc(F)c1.I. The highest BCUT2D eigenvalue weighted by Crippen LogP contribution is 2.18. The van der Waals surface area contributed by atoms with Crippen molar-refractivity contribution in [2.45, 2.75) is 17.7 Å². The van der Waals surface area contributed by atoms with Gasteiger partial charge in [0, 0.05) is 31.6 Å². The molecule has 0 radical (unpaired) electrons. The van der Waals surface area contributed by atoms with E-state index in [0.29, 0.717) is 24.6 Å². The van der Waals surface area contributed by atoms with Gasteiger partial charge in [0.05, 0.1) is 6.42 Å². The van der Waals surface area contributed by atoms with Crippen molar-refractivity contribution in [3.63, 3.8) is 0 Å². The highest BCUT2D eigenvalue weighted by atomic mass is 127. The molecule has 0 aromatic heterocycles. The van der Waals surface area contributed by atoms with Gasteiger partial charge in [-0.2, -0.15) is 0 Å². The minimum Gasteiger partial charge on any atom is -0.356 e. The van der Waals surface area contributed by atoms with Gasteiger partial charge < -0.3 is 16.0 Å². The van der Waals surface area contributed by atoms with Gasteiger partial charge in [0.1, 0.15) is 11.6 Å². The molecule has 1 amide bonds. The lowest BCUT2D eigenvalue weighted by atomic mass is 10.1. The Kier molecular flexibility index (Phi) is 13.1. The predicted molar refractivity (Wildman–Crippen MR) is 130 cm³/mol. The molecular formula is C21H27F2IN4OS. The summed E-state index contributed by atoms with van der Waals surface area (Å²) in [6, 6.07) is 12.5. The number of thioether (sulfide) groups is 1. The molecule has 0 unspecified atom stereocenters. The number of carbonyl (C=O) groups excluding carboxylic acids is 1. The molecule has 0 bridgehead atoms. The fourth-order valence-corrected chi connectivity index (χ4v) is 3.35. The van der Waals surface area contributed by atoms with E-state index in [4.69, 9.17) is 0 Å². The molecule has 5 nitrogen and oxygen atoms in total. The number of nitrogens with one attached hydrogen (secondary N) is 3. The molecule has 0 fully saturated rings. The first-order chi connectivity index (χ1) is 14.1. The number of rotatable bonds is 10. The van der Waals surface area contributed by atoms with Crippen molar-refractivity contribution in [3.05, 3.63) is 65.7 Å². The van der Waals surface area contributed by atoms with E-state index >= 15 is 0 Å². The maximum absolute atomic E-state index is 13.1. The van der Waals surface area contributed by atoms with Gasteiger partial charge in [-0.25, -0.2) is 8.78 Å². The number of guanidine groups is 1. The number of hydrogen-bond donors (Lipinski definition) is 3. The third-order valence-electron chi connectivity index (χ3n) is 3.91. The Labute approximate surface area is 197 Å². The summed E-state index contributed by atoms with van der Waals surface area (Å²) in [6.07, 6.45) is 1.07. The Hall–Kier alpha value is -1.88. The van der Waals surface area contributed by atoms with Crippen LogP contribution in [-0.2, 0) is 11.2 Å². The fraction of sp³-hybridized carbons (Fsp3) is 0.333. The Bertz CT molecular complexity index is 806. The topological polar surface area (TPSA) is 65.5 Å². The zero-order valence-corrected chi connectivity index (χ0v) is 19.9. The summed E-state index contributed by atoms with van der Waals surface area (Å²) < 4.78 is 26.0. The smallest absolute Gasteiger partial charge is 0.224 e. The van der Waals surface area contributed by atoms with E-state index in [-0.39, 0.29) is 47.9 Å². The van der Waals surface area contributed by atoms with Gasteiger partial charge in [-0.05, 0) is 54.1 Å². The molecule has 3 N–H and O–H groups in total. The lowest BCUT2D eigenvalue weighted by molar-refractivity contribution is -0.120. The zero-order valence-electron chi connectivity index (χ0n) is 16.8. The number of nitrogens with zero attached hydrogens (tertiary/aromatic N) is 1. The van der Waals surface area contributed by atoms with E-state index in [9.17, 15) is 13.6 Å². The van der Waals surface area contributed by atoms with Crippen LogP contribution in [0.3, 0.4) is 0 Å². The summed E-state index contributed by atoms with van der Waals surface area (Å²) in [5.74, 6) is 0.847. The average molecular weight is 548 g/mol. The molecule has 0 aliphatic rings. The van der Waals surface area contributed by atoms with E-state index in [2.05, 4.69) is 20.9 Å². The first-order valence-corrected chi connectivity index (χ1v) is 10.4. The molecule has 0 atom stereocenters. The molecule has 0 saturated heterocycles. The van der Waals surface area contributed by atoms with Crippen LogP contribution in [0.5, 0.6) is 0 Å². The minimum atomic E-state index is -0.345.